The molecular formula is C13H18N2O5. The molecule has 1 aromatic carbocycles. The largest absolute Gasteiger partial charge is 0.389 e. The van der Waals surface area contributed by atoms with Crippen LogP contribution in [-0.4, -0.2) is 54.3 Å². The van der Waals surface area contributed by atoms with Gasteiger partial charge in [-0.25, -0.2) is 0 Å². The van der Waals surface area contributed by atoms with Crippen molar-refractivity contribution in [2.75, 3.05) is 27.3 Å². The lowest BCUT2D eigenvalue weighted by Crippen LogP contribution is -2.37. The summed E-state index contributed by atoms with van der Waals surface area (Å²) in [5.74, 6) is -0.172. The molecule has 110 valence electrons. The van der Waals surface area contributed by atoms with Gasteiger partial charge in [0.1, 0.15) is 0 Å². The standard InChI is InChI=1S/C13H18N2O5/c1-14(8-12(16)9-20-2)13(17)7-10-3-5-11(6-4-10)15(18)19/h3-6,12,16H,7-9H2,1-2H3. The number of benzene rings is 1. The molecule has 1 rings (SSSR count). The summed E-state index contributed by atoms with van der Waals surface area (Å²) < 4.78 is 4.79. The minimum atomic E-state index is -0.731. The Hall–Kier alpha value is -1.99. The number of aliphatic hydroxyl groups excluding tert-OH is 1. The molecule has 0 spiro atoms. The van der Waals surface area contributed by atoms with Crippen LogP contribution < -0.4 is 0 Å². The molecule has 0 aliphatic rings. The van der Waals surface area contributed by atoms with Crippen molar-refractivity contribution < 1.29 is 19.6 Å². The lowest BCUT2D eigenvalue weighted by molar-refractivity contribution is -0.384. The third-order valence-corrected chi connectivity index (χ3v) is 2.77. The summed E-state index contributed by atoms with van der Waals surface area (Å²) >= 11 is 0. The molecule has 7 nitrogen and oxygen atoms in total. The van der Waals surface area contributed by atoms with Crippen LogP contribution in [0.5, 0.6) is 0 Å². The molecule has 20 heavy (non-hydrogen) atoms. The third kappa shape index (κ3) is 4.94. The van der Waals surface area contributed by atoms with E-state index >= 15 is 0 Å². The summed E-state index contributed by atoms with van der Waals surface area (Å²) in [6, 6.07) is 5.83. The first-order valence-corrected chi connectivity index (χ1v) is 6.08. The van der Waals surface area contributed by atoms with E-state index in [1.165, 1.54) is 24.1 Å². The highest BCUT2D eigenvalue weighted by atomic mass is 16.6. The molecular weight excluding hydrogens is 264 g/mol. The number of carbonyl (C=O) groups is 1. The molecule has 0 saturated carbocycles. The maximum absolute atomic E-state index is 11.9. The van der Waals surface area contributed by atoms with Gasteiger partial charge in [-0.1, -0.05) is 12.1 Å². The molecule has 0 aliphatic carbocycles. The summed E-state index contributed by atoms with van der Waals surface area (Å²) in [7, 11) is 3.06. The summed E-state index contributed by atoms with van der Waals surface area (Å²) in [5, 5.41) is 20.1. The second-order valence-electron chi connectivity index (χ2n) is 4.48. The minimum Gasteiger partial charge on any atom is -0.389 e. The van der Waals surface area contributed by atoms with E-state index in [0.717, 1.165) is 0 Å². The lowest BCUT2D eigenvalue weighted by Gasteiger charge is -2.20. The smallest absolute Gasteiger partial charge is 0.269 e. The summed E-state index contributed by atoms with van der Waals surface area (Å²) in [4.78, 5) is 23.3. The topological polar surface area (TPSA) is 92.9 Å². The van der Waals surface area contributed by atoms with Crippen LogP contribution in [0, 0.1) is 10.1 Å². The van der Waals surface area contributed by atoms with Crippen LogP contribution in [0.15, 0.2) is 24.3 Å². The molecule has 0 aromatic heterocycles. The Morgan fingerprint density at radius 3 is 2.55 bits per heavy atom. The molecule has 1 unspecified atom stereocenters. The first-order chi connectivity index (χ1) is 9.43. The number of methoxy groups -OCH3 is 1. The molecule has 0 heterocycles. The van der Waals surface area contributed by atoms with Crippen molar-refractivity contribution in [3.05, 3.63) is 39.9 Å². The van der Waals surface area contributed by atoms with Crippen LogP contribution in [-0.2, 0) is 16.0 Å². The van der Waals surface area contributed by atoms with Gasteiger partial charge in [0.25, 0.3) is 5.69 Å². The summed E-state index contributed by atoms with van der Waals surface area (Å²) in [6.07, 6.45) is -0.598. The number of hydrogen-bond acceptors (Lipinski definition) is 5. The van der Waals surface area contributed by atoms with Crippen molar-refractivity contribution in [3.63, 3.8) is 0 Å². The monoisotopic (exact) mass is 282 g/mol. The van der Waals surface area contributed by atoms with Gasteiger partial charge in [0, 0.05) is 32.8 Å². The molecule has 0 saturated heterocycles. The Balaban J connectivity index is 2.54. The maximum Gasteiger partial charge on any atom is 0.269 e. The molecule has 1 atom stereocenters. The van der Waals surface area contributed by atoms with Gasteiger partial charge in [-0.15, -0.1) is 0 Å². The van der Waals surface area contributed by atoms with Crippen LogP contribution in [0.1, 0.15) is 5.56 Å². The number of non-ortho nitro benzene ring substituents is 1. The van der Waals surface area contributed by atoms with E-state index < -0.39 is 11.0 Å². The normalized spacial score (nSPS) is 11.9. The maximum atomic E-state index is 11.9. The number of rotatable bonds is 7. The molecule has 0 fully saturated rings. The number of likely N-dealkylation sites (N-methyl/N-ethyl adjacent to an activating group) is 1. The van der Waals surface area contributed by atoms with Gasteiger partial charge in [-0.2, -0.15) is 0 Å². The Labute approximate surface area is 116 Å². The quantitative estimate of drug-likeness (QED) is 0.584. The van der Waals surface area contributed by atoms with Crippen LogP contribution in [0.2, 0.25) is 0 Å². The van der Waals surface area contributed by atoms with Gasteiger partial charge >= 0.3 is 0 Å². The number of nitro groups is 1. The first-order valence-electron chi connectivity index (χ1n) is 6.08. The first kappa shape index (κ1) is 16.1. The predicted octanol–water partition coefficient (Wildman–Crippen LogP) is 0.603. The highest BCUT2D eigenvalue weighted by molar-refractivity contribution is 5.78. The Morgan fingerprint density at radius 2 is 2.05 bits per heavy atom. The van der Waals surface area contributed by atoms with Gasteiger partial charge < -0.3 is 14.7 Å². The number of nitro benzene ring substituents is 1. The van der Waals surface area contributed by atoms with Crippen LogP contribution in [0.25, 0.3) is 0 Å². The van der Waals surface area contributed by atoms with Crippen molar-refractivity contribution in [2.45, 2.75) is 12.5 Å². The van der Waals surface area contributed by atoms with E-state index in [4.69, 9.17) is 4.74 Å². The Morgan fingerprint density at radius 1 is 1.45 bits per heavy atom. The molecule has 0 radical (unpaired) electrons. The van der Waals surface area contributed by atoms with Crippen molar-refractivity contribution in [2.24, 2.45) is 0 Å². The molecule has 0 aliphatic heterocycles. The van der Waals surface area contributed by atoms with E-state index in [-0.39, 0.29) is 31.2 Å². The van der Waals surface area contributed by atoms with Gasteiger partial charge in [-0.3, -0.25) is 14.9 Å². The summed E-state index contributed by atoms with van der Waals surface area (Å²) in [6.45, 7) is 0.342. The highest BCUT2D eigenvalue weighted by Gasteiger charge is 2.14. The fraction of sp³-hybridized carbons (Fsp3) is 0.462. The van der Waals surface area contributed by atoms with Crippen LogP contribution >= 0.6 is 0 Å². The third-order valence-electron chi connectivity index (χ3n) is 2.77. The number of aliphatic hydroxyl groups is 1. The van der Waals surface area contributed by atoms with Crippen molar-refractivity contribution in [1.29, 1.82) is 0 Å². The second-order valence-corrected chi connectivity index (χ2v) is 4.48. The van der Waals surface area contributed by atoms with Crippen molar-refractivity contribution in [3.8, 4) is 0 Å². The van der Waals surface area contributed by atoms with Gasteiger partial charge in [0.05, 0.1) is 24.1 Å². The highest BCUT2D eigenvalue weighted by Crippen LogP contribution is 2.12. The number of amides is 1. The average molecular weight is 282 g/mol. The molecule has 1 N–H and O–H groups in total. The minimum absolute atomic E-state index is 0.00919. The number of hydrogen-bond donors (Lipinski definition) is 1. The lowest BCUT2D eigenvalue weighted by atomic mass is 10.1. The fourth-order valence-corrected chi connectivity index (χ4v) is 1.71. The van der Waals surface area contributed by atoms with Crippen LogP contribution in [0.4, 0.5) is 5.69 Å². The van der Waals surface area contributed by atoms with E-state index in [1.807, 2.05) is 0 Å². The zero-order chi connectivity index (χ0) is 15.1. The molecule has 1 aromatic rings. The SMILES string of the molecule is COCC(O)CN(C)C(=O)Cc1ccc([N+](=O)[O-])cc1. The molecule has 0 bridgehead atoms. The fourth-order valence-electron chi connectivity index (χ4n) is 1.71. The zero-order valence-electron chi connectivity index (χ0n) is 11.5. The second kappa shape index (κ2) is 7.56. The van der Waals surface area contributed by atoms with E-state index in [0.29, 0.717) is 5.56 Å². The summed E-state index contributed by atoms with van der Waals surface area (Å²) in [5.41, 5.74) is 0.679. The Bertz CT molecular complexity index is 460. The van der Waals surface area contributed by atoms with Crippen molar-refractivity contribution >= 4 is 11.6 Å². The molecule has 7 heteroatoms. The molecule has 1 amide bonds. The van der Waals surface area contributed by atoms with Gasteiger partial charge in [0.15, 0.2) is 0 Å². The number of carbonyl (C=O) groups excluding carboxylic acids is 1. The van der Waals surface area contributed by atoms with E-state index in [1.54, 1.807) is 19.2 Å². The van der Waals surface area contributed by atoms with E-state index in [9.17, 15) is 20.0 Å². The van der Waals surface area contributed by atoms with Gasteiger partial charge in [0.2, 0.25) is 5.91 Å². The van der Waals surface area contributed by atoms with E-state index in [2.05, 4.69) is 0 Å². The average Bonchev–Trinajstić information content (AvgIpc) is 2.39. The van der Waals surface area contributed by atoms with Crippen molar-refractivity contribution in [1.82, 2.24) is 4.90 Å². The number of ether oxygens (including phenoxy) is 1. The predicted molar refractivity (Wildman–Crippen MR) is 72.3 cm³/mol. The van der Waals surface area contributed by atoms with Crippen LogP contribution in [0.3, 0.4) is 0 Å². The zero-order valence-corrected chi connectivity index (χ0v) is 11.5. The Kier molecular flexibility index (Phi) is 6.08. The van der Waals surface area contributed by atoms with Gasteiger partial charge in [-0.05, 0) is 5.56 Å². The number of nitrogens with zero attached hydrogens (tertiary/aromatic N) is 2.